The van der Waals surface area contributed by atoms with E-state index in [-0.39, 0.29) is 41.3 Å². The number of halogens is 1. The van der Waals surface area contributed by atoms with E-state index in [0.29, 0.717) is 33.2 Å². The Balaban J connectivity index is 1.77. The predicted molar refractivity (Wildman–Crippen MR) is 117 cm³/mol. The number of Topliss-reactive ketones (excluding diaryl/α,β-unsaturated/α-hetero) is 1. The number of nitrogens with one attached hydrogen (secondary N) is 1. The summed E-state index contributed by atoms with van der Waals surface area (Å²) in [4.78, 5) is 51.3. The molecular formula is C24H20BrNO6. The molecule has 4 aliphatic rings. The summed E-state index contributed by atoms with van der Waals surface area (Å²) >= 11 is 3.43. The van der Waals surface area contributed by atoms with E-state index in [9.17, 15) is 24.3 Å². The van der Waals surface area contributed by atoms with Crippen molar-refractivity contribution in [3.05, 3.63) is 56.6 Å². The van der Waals surface area contributed by atoms with Crippen molar-refractivity contribution < 1.29 is 29.0 Å². The molecule has 0 spiro atoms. The maximum Gasteiger partial charge on any atom is 0.231 e. The molecule has 0 saturated carbocycles. The number of aromatic hydroxyl groups is 1. The molecule has 2 amide bonds. The Labute approximate surface area is 192 Å². The van der Waals surface area contributed by atoms with Gasteiger partial charge in [0.2, 0.25) is 11.8 Å². The summed E-state index contributed by atoms with van der Waals surface area (Å²) in [6, 6.07) is 3.31. The third-order valence-corrected chi connectivity index (χ3v) is 7.46. The summed E-state index contributed by atoms with van der Waals surface area (Å²) in [6.07, 6.45) is 3.80. The molecule has 5 rings (SSSR count). The number of allylic oxidation sites excluding steroid dienone is 6. The van der Waals surface area contributed by atoms with Crippen molar-refractivity contribution in [2.75, 3.05) is 7.11 Å². The Bertz CT molecular complexity index is 1220. The number of imide groups is 1. The summed E-state index contributed by atoms with van der Waals surface area (Å²) in [5.41, 5.74) is 2.21. The largest absolute Gasteiger partial charge is 0.504 e. The van der Waals surface area contributed by atoms with Crippen molar-refractivity contribution in [1.29, 1.82) is 0 Å². The zero-order valence-electron chi connectivity index (χ0n) is 17.4. The van der Waals surface area contributed by atoms with E-state index in [4.69, 9.17) is 4.74 Å². The van der Waals surface area contributed by atoms with Crippen LogP contribution in [0.15, 0.2) is 51.0 Å². The summed E-state index contributed by atoms with van der Waals surface area (Å²) in [5.74, 6) is -3.32. The minimum atomic E-state index is -0.722. The number of hydrogen-bond acceptors (Lipinski definition) is 6. The standard InChI is InChI=1S/C24H20BrNO6/c1-9-5-16(27)20-15(21(9)28)8-13-11(3-4-12-19(13)24(31)26-23(12)30)18(20)14-6-10(25)7-17(32-2)22(14)29/h3,5-7,12-13,18-19,29H,4,8H2,1-2H3,(H,26,30,31). The van der Waals surface area contributed by atoms with Gasteiger partial charge in [-0.15, -0.1) is 0 Å². The molecule has 0 radical (unpaired) electrons. The van der Waals surface area contributed by atoms with Crippen LogP contribution in [0.25, 0.3) is 0 Å². The first-order valence-electron chi connectivity index (χ1n) is 10.3. The maximum atomic E-state index is 13.2. The molecule has 1 aromatic rings. The summed E-state index contributed by atoms with van der Waals surface area (Å²) in [6.45, 7) is 1.60. The van der Waals surface area contributed by atoms with Gasteiger partial charge in [0.05, 0.1) is 18.9 Å². The van der Waals surface area contributed by atoms with Crippen molar-refractivity contribution in [1.82, 2.24) is 5.32 Å². The highest BCUT2D eigenvalue weighted by Gasteiger charge is 2.53. The second-order valence-corrected chi connectivity index (χ2v) is 9.54. The van der Waals surface area contributed by atoms with E-state index in [0.717, 1.165) is 5.57 Å². The first-order valence-corrected chi connectivity index (χ1v) is 11.1. The zero-order chi connectivity index (χ0) is 22.9. The zero-order valence-corrected chi connectivity index (χ0v) is 19.0. The number of phenolic OH excluding ortho intramolecular Hbond substituents is 1. The Morgan fingerprint density at radius 1 is 1.12 bits per heavy atom. The van der Waals surface area contributed by atoms with Gasteiger partial charge >= 0.3 is 0 Å². The number of carbonyl (C=O) groups is 4. The van der Waals surface area contributed by atoms with Crippen LogP contribution in [0.2, 0.25) is 0 Å². The molecule has 3 aliphatic carbocycles. The molecule has 1 aliphatic heterocycles. The third kappa shape index (κ3) is 2.85. The van der Waals surface area contributed by atoms with Gasteiger partial charge in [0, 0.05) is 32.7 Å². The van der Waals surface area contributed by atoms with Crippen LogP contribution < -0.4 is 10.1 Å². The smallest absolute Gasteiger partial charge is 0.231 e. The highest BCUT2D eigenvalue weighted by atomic mass is 79.9. The molecule has 2 N–H and O–H groups in total. The topological polar surface area (TPSA) is 110 Å². The van der Waals surface area contributed by atoms with Crippen molar-refractivity contribution in [2.24, 2.45) is 17.8 Å². The van der Waals surface area contributed by atoms with Crippen LogP contribution in [0, 0.1) is 17.8 Å². The Morgan fingerprint density at radius 2 is 1.88 bits per heavy atom. The van der Waals surface area contributed by atoms with E-state index in [1.54, 1.807) is 19.1 Å². The molecule has 8 heteroatoms. The van der Waals surface area contributed by atoms with Gasteiger partial charge < -0.3 is 9.84 Å². The van der Waals surface area contributed by atoms with Gasteiger partial charge in [0.25, 0.3) is 0 Å². The Morgan fingerprint density at radius 3 is 2.59 bits per heavy atom. The van der Waals surface area contributed by atoms with Gasteiger partial charge in [-0.05, 0) is 43.9 Å². The summed E-state index contributed by atoms with van der Waals surface area (Å²) in [5, 5.41) is 13.4. The van der Waals surface area contributed by atoms with Gasteiger partial charge in [-0.3, -0.25) is 24.5 Å². The molecule has 1 heterocycles. The second-order valence-electron chi connectivity index (χ2n) is 8.63. The number of amides is 2. The molecular weight excluding hydrogens is 478 g/mol. The predicted octanol–water partition coefficient (Wildman–Crippen LogP) is 2.88. The van der Waals surface area contributed by atoms with Crippen LogP contribution in [0.4, 0.5) is 0 Å². The molecule has 0 aromatic heterocycles. The fourth-order valence-electron chi connectivity index (χ4n) is 5.62. The van der Waals surface area contributed by atoms with Crippen LogP contribution in [0.1, 0.15) is 31.2 Å². The first kappa shape index (κ1) is 20.9. The number of carbonyl (C=O) groups excluding carboxylic acids is 4. The van der Waals surface area contributed by atoms with E-state index < -0.39 is 23.7 Å². The van der Waals surface area contributed by atoms with Crippen molar-refractivity contribution in [3.8, 4) is 11.5 Å². The van der Waals surface area contributed by atoms with E-state index in [1.165, 1.54) is 13.2 Å². The lowest BCUT2D eigenvalue weighted by molar-refractivity contribution is -0.126. The van der Waals surface area contributed by atoms with Crippen molar-refractivity contribution in [3.63, 3.8) is 0 Å². The number of methoxy groups -OCH3 is 1. The Kier molecular flexibility index (Phi) is 4.74. The molecule has 7 nitrogen and oxygen atoms in total. The van der Waals surface area contributed by atoms with Gasteiger partial charge in [-0.2, -0.15) is 0 Å². The normalized spacial score (nSPS) is 29.1. The third-order valence-electron chi connectivity index (χ3n) is 7.01. The number of ketones is 2. The fourth-order valence-corrected chi connectivity index (χ4v) is 6.07. The minimum Gasteiger partial charge on any atom is -0.504 e. The lowest BCUT2D eigenvalue weighted by atomic mass is 9.59. The van der Waals surface area contributed by atoms with Gasteiger partial charge in [-0.1, -0.05) is 27.6 Å². The fraction of sp³-hybridized carbons (Fsp3) is 0.333. The van der Waals surface area contributed by atoms with Crippen LogP contribution in [0.3, 0.4) is 0 Å². The number of hydrogen-bond donors (Lipinski definition) is 2. The van der Waals surface area contributed by atoms with Gasteiger partial charge in [-0.25, -0.2) is 0 Å². The van der Waals surface area contributed by atoms with E-state index in [1.807, 2.05) is 6.08 Å². The van der Waals surface area contributed by atoms with Gasteiger partial charge in [0.15, 0.2) is 23.1 Å². The lowest BCUT2D eigenvalue weighted by Crippen LogP contribution is -2.39. The molecule has 32 heavy (non-hydrogen) atoms. The van der Waals surface area contributed by atoms with Crippen LogP contribution >= 0.6 is 15.9 Å². The van der Waals surface area contributed by atoms with Crippen molar-refractivity contribution >= 4 is 39.3 Å². The monoisotopic (exact) mass is 497 g/mol. The van der Waals surface area contributed by atoms with E-state index in [2.05, 4.69) is 21.2 Å². The minimum absolute atomic E-state index is 0.130. The molecule has 0 bridgehead atoms. The number of benzene rings is 1. The average molecular weight is 498 g/mol. The van der Waals surface area contributed by atoms with Crippen LogP contribution in [-0.2, 0) is 19.2 Å². The molecule has 1 fully saturated rings. The molecule has 164 valence electrons. The highest BCUT2D eigenvalue weighted by Crippen LogP contribution is 2.56. The van der Waals surface area contributed by atoms with Crippen molar-refractivity contribution in [2.45, 2.75) is 25.7 Å². The lowest BCUT2D eigenvalue weighted by Gasteiger charge is -2.42. The highest BCUT2D eigenvalue weighted by molar-refractivity contribution is 9.10. The van der Waals surface area contributed by atoms with Crippen LogP contribution in [-0.4, -0.2) is 35.6 Å². The second kappa shape index (κ2) is 7.27. The summed E-state index contributed by atoms with van der Waals surface area (Å²) < 4.78 is 5.94. The molecule has 4 unspecified atom stereocenters. The van der Waals surface area contributed by atoms with Crippen LogP contribution in [0.5, 0.6) is 11.5 Å². The molecule has 4 atom stereocenters. The summed E-state index contributed by atoms with van der Waals surface area (Å²) in [7, 11) is 1.43. The average Bonchev–Trinajstić information content (AvgIpc) is 3.05. The maximum absolute atomic E-state index is 13.2. The number of phenols is 1. The molecule has 1 saturated heterocycles. The SMILES string of the molecule is COc1cc(Br)cc(C2C3=CCC4C(=O)NC(=O)C4C3CC3=C2C(=O)C=C(C)C3=O)c1O. The quantitative estimate of drug-likeness (QED) is 0.369. The van der Waals surface area contributed by atoms with E-state index >= 15 is 0 Å². The molecule has 1 aromatic carbocycles. The number of ether oxygens (including phenoxy) is 1. The first-order chi connectivity index (χ1) is 15.2. The number of fused-ring (bicyclic) bond motifs is 3. The number of rotatable bonds is 2. The Hall–Kier alpha value is -3.00. The van der Waals surface area contributed by atoms with Gasteiger partial charge in [0.1, 0.15) is 0 Å².